The Bertz CT molecular complexity index is 191. The first-order chi connectivity index (χ1) is 7.24. The number of nitrogens with one attached hydrogen (secondary N) is 1. The van der Waals surface area contributed by atoms with Crippen molar-refractivity contribution in [2.24, 2.45) is 0 Å². The maximum Gasteiger partial charge on any atom is 0.0206 e. The van der Waals surface area contributed by atoms with Crippen molar-refractivity contribution in [1.82, 2.24) is 15.1 Å². The summed E-state index contributed by atoms with van der Waals surface area (Å²) in [5, 5.41) is 3.46. The summed E-state index contributed by atoms with van der Waals surface area (Å²) in [6.07, 6.45) is 2.64. The second-order valence-electron chi connectivity index (χ2n) is 5.17. The van der Waals surface area contributed by atoms with Crippen LogP contribution in [0.15, 0.2) is 0 Å². The van der Waals surface area contributed by atoms with Crippen LogP contribution in [0, 0.1) is 0 Å². The lowest BCUT2D eigenvalue weighted by Gasteiger charge is -2.48. The van der Waals surface area contributed by atoms with E-state index in [-0.39, 0.29) is 0 Å². The molecule has 2 rings (SSSR count). The highest BCUT2D eigenvalue weighted by molar-refractivity contribution is 4.92. The third-order valence-electron chi connectivity index (χ3n) is 4.26. The maximum atomic E-state index is 3.46. The van der Waals surface area contributed by atoms with Gasteiger partial charge in [-0.15, -0.1) is 0 Å². The molecule has 2 saturated heterocycles. The Labute approximate surface area is 93.8 Å². The van der Waals surface area contributed by atoms with Gasteiger partial charge in [0.1, 0.15) is 0 Å². The number of nitrogens with zero attached hydrogens (tertiary/aromatic N) is 2. The summed E-state index contributed by atoms with van der Waals surface area (Å²) >= 11 is 0. The van der Waals surface area contributed by atoms with Gasteiger partial charge < -0.3 is 10.2 Å². The molecule has 3 heteroatoms. The van der Waals surface area contributed by atoms with E-state index in [2.05, 4.69) is 29.0 Å². The normalized spacial score (nSPS) is 29.2. The lowest BCUT2D eigenvalue weighted by molar-refractivity contribution is 0.0249. The summed E-state index contributed by atoms with van der Waals surface area (Å²) in [5.74, 6) is 0. The van der Waals surface area contributed by atoms with E-state index in [0.717, 1.165) is 0 Å². The van der Waals surface area contributed by atoms with Gasteiger partial charge in [0, 0.05) is 31.7 Å². The molecule has 2 fully saturated rings. The van der Waals surface area contributed by atoms with E-state index in [1.165, 1.54) is 58.7 Å². The van der Waals surface area contributed by atoms with Gasteiger partial charge in [0.05, 0.1) is 0 Å². The van der Waals surface area contributed by atoms with E-state index in [1.54, 1.807) is 0 Å². The molecule has 0 bridgehead atoms. The SMILES string of the molecule is CCN1CCN(C2(C)CCNCC2)CC1. The van der Waals surface area contributed by atoms with Gasteiger partial charge in [-0.1, -0.05) is 6.92 Å². The van der Waals surface area contributed by atoms with Gasteiger partial charge in [0.25, 0.3) is 0 Å². The first-order valence-electron chi connectivity index (χ1n) is 6.43. The van der Waals surface area contributed by atoms with Crippen molar-refractivity contribution in [2.75, 3.05) is 45.8 Å². The van der Waals surface area contributed by atoms with Crippen molar-refractivity contribution >= 4 is 0 Å². The van der Waals surface area contributed by atoms with Crippen LogP contribution in [-0.4, -0.2) is 61.2 Å². The highest BCUT2D eigenvalue weighted by Crippen LogP contribution is 2.26. The first kappa shape index (κ1) is 11.4. The van der Waals surface area contributed by atoms with Crippen molar-refractivity contribution < 1.29 is 0 Å². The molecule has 0 spiro atoms. The fourth-order valence-electron chi connectivity index (χ4n) is 2.89. The van der Waals surface area contributed by atoms with Crippen LogP contribution < -0.4 is 5.32 Å². The molecule has 0 aromatic rings. The maximum absolute atomic E-state index is 3.46. The minimum Gasteiger partial charge on any atom is -0.317 e. The molecule has 3 nitrogen and oxygen atoms in total. The van der Waals surface area contributed by atoms with Gasteiger partial charge in [-0.25, -0.2) is 0 Å². The summed E-state index contributed by atoms with van der Waals surface area (Å²) in [6, 6.07) is 0. The minimum atomic E-state index is 0.477. The third-order valence-corrected chi connectivity index (χ3v) is 4.26. The van der Waals surface area contributed by atoms with Gasteiger partial charge in [-0.05, 0) is 39.4 Å². The Morgan fingerprint density at radius 1 is 1.07 bits per heavy atom. The van der Waals surface area contributed by atoms with Crippen molar-refractivity contribution in [3.05, 3.63) is 0 Å². The minimum absolute atomic E-state index is 0.477. The molecule has 2 aliphatic rings. The highest BCUT2D eigenvalue weighted by Gasteiger charge is 2.34. The van der Waals surface area contributed by atoms with E-state index in [1.807, 2.05) is 0 Å². The van der Waals surface area contributed by atoms with E-state index < -0.39 is 0 Å². The largest absolute Gasteiger partial charge is 0.317 e. The molecule has 1 N–H and O–H groups in total. The Kier molecular flexibility index (Phi) is 3.65. The number of hydrogen-bond acceptors (Lipinski definition) is 3. The quantitative estimate of drug-likeness (QED) is 0.728. The standard InChI is InChI=1S/C12H25N3/c1-3-14-8-10-15(11-9-14)12(2)4-6-13-7-5-12/h13H,3-11H2,1-2H3. The van der Waals surface area contributed by atoms with Crippen LogP contribution in [0.5, 0.6) is 0 Å². The molecule has 0 radical (unpaired) electrons. The molecule has 0 unspecified atom stereocenters. The summed E-state index contributed by atoms with van der Waals surface area (Å²) in [4.78, 5) is 5.28. The van der Waals surface area contributed by atoms with Crippen LogP contribution >= 0.6 is 0 Å². The molecule has 0 amide bonds. The number of likely N-dealkylation sites (N-methyl/N-ethyl adjacent to an activating group) is 1. The number of rotatable bonds is 2. The van der Waals surface area contributed by atoms with E-state index in [0.29, 0.717) is 5.54 Å². The average Bonchev–Trinajstić information content (AvgIpc) is 2.30. The Balaban J connectivity index is 1.88. The zero-order valence-electron chi connectivity index (χ0n) is 10.3. The van der Waals surface area contributed by atoms with Gasteiger partial charge in [-0.2, -0.15) is 0 Å². The number of piperazine rings is 1. The summed E-state index contributed by atoms with van der Waals surface area (Å²) in [7, 11) is 0. The molecule has 0 aromatic carbocycles. The van der Waals surface area contributed by atoms with Crippen LogP contribution in [0.3, 0.4) is 0 Å². The number of piperidine rings is 1. The van der Waals surface area contributed by atoms with E-state index in [9.17, 15) is 0 Å². The summed E-state index contributed by atoms with van der Waals surface area (Å²) in [6.45, 7) is 13.4. The molecule has 15 heavy (non-hydrogen) atoms. The highest BCUT2D eigenvalue weighted by atomic mass is 15.3. The lowest BCUT2D eigenvalue weighted by atomic mass is 9.88. The molecular weight excluding hydrogens is 186 g/mol. The van der Waals surface area contributed by atoms with Crippen molar-refractivity contribution in [3.8, 4) is 0 Å². The fourth-order valence-corrected chi connectivity index (χ4v) is 2.89. The van der Waals surface area contributed by atoms with Crippen LogP contribution in [-0.2, 0) is 0 Å². The smallest absolute Gasteiger partial charge is 0.0206 e. The van der Waals surface area contributed by atoms with Crippen LogP contribution in [0.1, 0.15) is 26.7 Å². The lowest BCUT2D eigenvalue weighted by Crippen LogP contribution is -2.58. The van der Waals surface area contributed by atoms with Gasteiger partial charge in [-0.3, -0.25) is 4.90 Å². The molecule has 0 aromatic heterocycles. The zero-order valence-corrected chi connectivity index (χ0v) is 10.3. The Morgan fingerprint density at radius 2 is 1.67 bits per heavy atom. The molecule has 0 atom stereocenters. The van der Waals surface area contributed by atoms with Crippen LogP contribution in [0.25, 0.3) is 0 Å². The molecule has 88 valence electrons. The second-order valence-corrected chi connectivity index (χ2v) is 5.17. The van der Waals surface area contributed by atoms with Crippen LogP contribution in [0.2, 0.25) is 0 Å². The molecular formula is C12H25N3. The molecule has 2 heterocycles. The Hall–Kier alpha value is -0.120. The van der Waals surface area contributed by atoms with Crippen molar-refractivity contribution in [2.45, 2.75) is 32.2 Å². The average molecular weight is 211 g/mol. The van der Waals surface area contributed by atoms with Crippen molar-refractivity contribution in [3.63, 3.8) is 0 Å². The first-order valence-corrected chi connectivity index (χ1v) is 6.43. The van der Waals surface area contributed by atoms with Crippen molar-refractivity contribution in [1.29, 1.82) is 0 Å². The fraction of sp³-hybridized carbons (Fsp3) is 1.00. The predicted octanol–water partition coefficient (Wildman–Crippen LogP) is 0.766. The number of hydrogen-bond donors (Lipinski definition) is 1. The van der Waals surface area contributed by atoms with E-state index >= 15 is 0 Å². The molecule has 0 aliphatic carbocycles. The second kappa shape index (κ2) is 4.81. The molecule has 2 aliphatic heterocycles. The van der Waals surface area contributed by atoms with E-state index in [4.69, 9.17) is 0 Å². The monoisotopic (exact) mass is 211 g/mol. The van der Waals surface area contributed by atoms with Crippen LogP contribution in [0.4, 0.5) is 0 Å². The zero-order chi connectivity index (χ0) is 10.7. The summed E-state index contributed by atoms with van der Waals surface area (Å²) < 4.78 is 0. The van der Waals surface area contributed by atoms with Gasteiger partial charge in [0.15, 0.2) is 0 Å². The predicted molar refractivity (Wildman–Crippen MR) is 64.2 cm³/mol. The van der Waals surface area contributed by atoms with Gasteiger partial charge in [0.2, 0.25) is 0 Å². The topological polar surface area (TPSA) is 18.5 Å². The Morgan fingerprint density at radius 3 is 2.20 bits per heavy atom. The molecule has 0 saturated carbocycles. The summed E-state index contributed by atoms with van der Waals surface area (Å²) in [5.41, 5.74) is 0.477. The van der Waals surface area contributed by atoms with Gasteiger partial charge >= 0.3 is 0 Å². The third kappa shape index (κ3) is 2.52.